The minimum atomic E-state index is -5.69. The molecule has 3 fully saturated rings. The highest BCUT2D eigenvalue weighted by Gasteiger charge is 2.44. The van der Waals surface area contributed by atoms with Gasteiger partial charge in [-0.2, -0.15) is 20.4 Å². The summed E-state index contributed by atoms with van der Waals surface area (Å²) in [6, 6.07) is 0.212. The first-order valence-corrected chi connectivity index (χ1v) is 19.0. The van der Waals surface area contributed by atoms with Gasteiger partial charge < -0.3 is 56.8 Å². The van der Waals surface area contributed by atoms with Crippen LogP contribution in [0.15, 0.2) is 0 Å². The second-order valence-electron chi connectivity index (χ2n) is 10.1. The van der Waals surface area contributed by atoms with E-state index >= 15 is 0 Å². The minimum absolute atomic E-state index is 0. The number of phosphoric acid groups is 3. The fourth-order valence-electron chi connectivity index (χ4n) is 4.68. The third-order valence-corrected chi connectivity index (χ3v) is 12.0. The van der Waals surface area contributed by atoms with Crippen LogP contribution in [0.25, 0.3) is 0 Å². The van der Waals surface area contributed by atoms with Gasteiger partial charge in [-0.1, -0.05) is 6.42 Å². The van der Waals surface area contributed by atoms with Crippen LogP contribution in [0.2, 0.25) is 0 Å². The molecule has 0 saturated carbocycles. The van der Waals surface area contributed by atoms with Crippen molar-refractivity contribution in [1.82, 2.24) is 27.4 Å². The van der Waals surface area contributed by atoms with Crippen LogP contribution in [0.3, 0.4) is 0 Å². The number of ether oxygens (including phenoxy) is 1. The van der Waals surface area contributed by atoms with Crippen LogP contribution < -0.4 is 27.4 Å². The highest BCUT2D eigenvalue weighted by atomic mass is 32.2. The van der Waals surface area contributed by atoms with Gasteiger partial charge in [0.2, 0.25) is 11.8 Å². The van der Waals surface area contributed by atoms with Crippen molar-refractivity contribution in [3.8, 4) is 0 Å². The first-order valence-electron chi connectivity index (χ1n) is 13.4. The number of amides is 4. The van der Waals surface area contributed by atoms with Crippen LogP contribution in [0, 0.1) is 0 Å². The summed E-state index contributed by atoms with van der Waals surface area (Å²) in [4.78, 5) is 71.6. The topological polar surface area (TPSA) is 325 Å². The number of hydrogen-bond donors (Lipinski definition) is 10. The second-order valence-corrected chi connectivity index (χ2v) is 15.8. The number of phosphoric ester groups is 1. The monoisotopic (exact) mass is 716 g/mol. The van der Waals surface area contributed by atoms with Crippen molar-refractivity contribution in [2.75, 3.05) is 25.4 Å². The van der Waals surface area contributed by atoms with Crippen LogP contribution in [0.5, 0.6) is 0 Å². The van der Waals surface area contributed by atoms with Gasteiger partial charge >= 0.3 is 29.5 Å². The highest BCUT2D eigenvalue weighted by molar-refractivity contribution is 8.00. The second kappa shape index (κ2) is 17.1. The van der Waals surface area contributed by atoms with Gasteiger partial charge in [-0.3, -0.25) is 14.1 Å². The molecule has 3 aliphatic heterocycles. The molecule has 3 aliphatic rings. The first-order chi connectivity index (χ1) is 20.0. The van der Waals surface area contributed by atoms with Crippen molar-refractivity contribution in [3.05, 3.63) is 0 Å². The Morgan fingerprint density at radius 2 is 1.66 bits per heavy atom. The zero-order chi connectivity index (χ0) is 31.8. The number of quaternary nitrogens is 1. The number of carbonyl (C=O) groups is 3. The highest BCUT2D eigenvalue weighted by Crippen LogP contribution is 2.66. The Hall–Kier alpha value is -1.15. The quantitative estimate of drug-likeness (QED) is 0.0505. The van der Waals surface area contributed by atoms with Gasteiger partial charge in [-0.05, 0) is 25.7 Å². The van der Waals surface area contributed by atoms with E-state index < -0.39 is 54.3 Å². The Morgan fingerprint density at radius 1 is 0.977 bits per heavy atom. The normalized spacial score (nSPS) is 29.0. The predicted molar refractivity (Wildman–Crippen MR) is 154 cm³/mol. The van der Waals surface area contributed by atoms with Crippen LogP contribution in [0.4, 0.5) is 4.79 Å². The van der Waals surface area contributed by atoms with Crippen molar-refractivity contribution in [1.29, 1.82) is 0 Å². The lowest BCUT2D eigenvalue weighted by Gasteiger charge is -2.19. The molecular weight excluding hydrogens is 675 g/mol. The lowest BCUT2D eigenvalue weighted by molar-refractivity contribution is -0.133. The summed E-state index contributed by atoms with van der Waals surface area (Å²) in [7, 11) is -16.6. The van der Waals surface area contributed by atoms with E-state index in [4.69, 9.17) is 19.4 Å². The number of thioether (sulfide) groups is 1. The molecule has 0 aromatic heterocycles. The molecule has 0 bridgehead atoms. The summed E-state index contributed by atoms with van der Waals surface area (Å²) in [6.07, 6.45) is 0.166. The Bertz CT molecular complexity index is 1150. The number of urea groups is 1. The number of aliphatic hydroxyl groups excluding tert-OH is 1. The third-order valence-electron chi connectivity index (χ3n) is 6.64. The summed E-state index contributed by atoms with van der Waals surface area (Å²) in [5.74, 6) is 0.267. The van der Waals surface area contributed by atoms with E-state index in [-0.39, 0.29) is 43.1 Å². The number of rotatable bonds is 18. The Labute approximate surface area is 257 Å². The molecule has 0 spiro atoms. The molecule has 0 radical (unpaired) electrons. The van der Waals surface area contributed by atoms with Crippen molar-refractivity contribution in [2.24, 2.45) is 0 Å². The van der Waals surface area contributed by atoms with Gasteiger partial charge in [0.05, 0.1) is 24.8 Å². The summed E-state index contributed by atoms with van der Waals surface area (Å²) in [5, 5.41) is 21.7. The SMILES string of the molecule is O=C(CCCC[C@H]1SC[C@H]2NC(=O)N[C@H]21)NCCCCNC(=O)C1CC(O)[C@@H](COP(=O)(O)OP(=O)(O)OP(=O)(O)O)O1.[NH4+]. The van der Waals surface area contributed by atoms with Crippen LogP contribution in [-0.4, -0.2) is 104 Å². The van der Waals surface area contributed by atoms with Crippen LogP contribution in [0.1, 0.15) is 44.9 Å². The number of aliphatic hydroxyl groups is 1. The molecule has 24 heteroatoms. The van der Waals surface area contributed by atoms with E-state index in [2.05, 4.69) is 34.4 Å². The van der Waals surface area contributed by atoms with E-state index in [1.807, 2.05) is 11.8 Å². The summed E-state index contributed by atoms with van der Waals surface area (Å²) in [6.45, 7) is -0.190. The minimum Gasteiger partial charge on any atom is -0.390 e. The molecule has 0 aromatic carbocycles. The van der Waals surface area contributed by atoms with E-state index in [1.165, 1.54) is 0 Å². The average Bonchev–Trinajstić information content (AvgIpc) is 3.54. The molecule has 4 amide bonds. The van der Waals surface area contributed by atoms with E-state index in [9.17, 15) is 38.1 Å². The molecule has 44 heavy (non-hydrogen) atoms. The maximum atomic E-state index is 12.3. The molecule has 0 aliphatic carbocycles. The van der Waals surface area contributed by atoms with Crippen molar-refractivity contribution in [3.63, 3.8) is 0 Å². The molecule has 3 heterocycles. The van der Waals surface area contributed by atoms with Gasteiger partial charge in [0.25, 0.3) is 0 Å². The zero-order valence-corrected chi connectivity index (χ0v) is 27.3. The molecule has 3 saturated heterocycles. The van der Waals surface area contributed by atoms with Gasteiger partial charge in [0.15, 0.2) is 0 Å². The molecule has 0 aromatic rings. The van der Waals surface area contributed by atoms with Crippen molar-refractivity contribution in [2.45, 2.75) is 80.6 Å². The molecule has 3 rings (SSSR count). The Balaban J connectivity index is 0.00000675. The van der Waals surface area contributed by atoms with Gasteiger partial charge in [0, 0.05) is 36.9 Å². The number of nitrogens with one attached hydrogen (secondary N) is 4. The van der Waals surface area contributed by atoms with Gasteiger partial charge in [0.1, 0.15) is 12.2 Å². The maximum absolute atomic E-state index is 12.3. The van der Waals surface area contributed by atoms with Gasteiger partial charge in [-0.15, -0.1) is 0 Å². The van der Waals surface area contributed by atoms with E-state index in [1.54, 1.807) is 0 Å². The van der Waals surface area contributed by atoms with Gasteiger partial charge in [-0.25, -0.2) is 18.5 Å². The summed E-state index contributed by atoms with van der Waals surface area (Å²) in [5.41, 5.74) is 0. The smallest absolute Gasteiger partial charge is 0.390 e. The lowest BCUT2D eigenvalue weighted by atomic mass is 10.0. The molecule has 8 atom stereocenters. The maximum Gasteiger partial charge on any atom is 0.490 e. The van der Waals surface area contributed by atoms with Crippen LogP contribution in [-0.2, 0) is 41.2 Å². The fraction of sp³-hybridized carbons (Fsp3) is 0.850. The Kier molecular flexibility index (Phi) is 15.2. The Morgan fingerprint density at radius 3 is 2.34 bits per heavy atom. The number of carbonyl (C=O) groups excluding carboxylic acids is 3. The molecule has 20 nitrogen and oxygen atoms in total. The summed E-state index contributed by atoms with van der Waals surface area (Å²) >= 11 is 1.83. The van der Waals surface area contributed by atoms with E-state index in [0.29, 0.717) is 31.1 Å². The summed E-state index contributed by atoms with van der Waals surface area (Å²) < 4.78 is 50.8. The van der Waals surface area contributed by atoms with Crippen LogP contribution >= 0.6 is 35.2 Å². The number of hydrogen-bond acceptors (Lipinski definition) is 12. The predicted octanol–water partition coefficient (Wildman–Crippen LogP) is -0.0373. The molecule has 256 valence electrons. The standard InChI is InChI=1S/C20H37N4O15P3S.H3N/c25-13-9-14(37-15(13)10-36-41(32,33)39-42(34,35)38-40(29,30)31)19(27)22-8-4-3-7-21-17(26)6-2-1-5-16-18-12(11-43-16)23-20(28)24-18;/h12-16,18,25H,1-11H2,(H,21,26)(H,22,27)(H,32,33)(H,34,35)(H2,23,24,28)(H2,29,30,31);1H3/p+1/t12-,13?,14?,15-,16-,18-;/m1./s1. The zero-order valence-electron chi connectivity index (χ0n) is 23.8. The largest absolute Gasteiger partial charge is 0.490 e. The molecular formula is C20H41N5O15P3S+. The van der Waals surface area contributed by atoms with E-state index in [0.717, 1.165) is 25.0 Å². The number of fused-ring (bicyclic) bond motifs is 1. The third kappa shape index (κ3) is 13.3. The molecule has 4 unspecified atom stereocenters. The van der Waals surface area contributed by atoms with Crippen molar-refractivity contribution < 1.29 is 70.6 Å². The molecule has 13 N–H and O–H groups in total. The first kappa shape index (κ1) is 39.0. The fourth-order valence-corrected chi connectivity index (χ4v) is 9.26. The van der Waals surface area contributed by atoms with Crippen molar-refractivity contribution >= 4 is 53.1 Å². The average molecular weight is 717 g/mol. The lowest BCUT2D eigenvalue weighted by Crippen LogP contribution is -2.36. The number of unbranched alkanes of at least 4 members (excludes halogenated alkanes) is 2.